The monoisotopic (exact) mass is 496 g/mol. The second-order valence-electron chi connectivity index (χ2n) is 10.3. The van der Waals surface area contributed by atoms with Crippen LogP contribution in [-0.2, 0) is 16.8 Å². The number of hydrogen-bond donors (Lipinski definition) is 1. The maximum Gasteiger partial charge on any atom is 0.251 e. The van der Waals surface area contributed by atoms with Gasteiger partial charge in [-0.05, 0) is 48.2 Å². The van der Waals surface area contributed by atoms with Crippen LogP contribution in [0.3, 0.4) is 0 Å². The normalized spacial score (nSPS) is 21.6. The molecule has 1 N–H and O–H groups in total. The third-order valence-corrected chi connectivity index (χ3v) is 8.14. The molecule has 3 aromatic rings. The fraction of sp³-hybridized carbons (Fsp3) is 0.333. The molecule has 3 heterocycles. The molecule has 0 bridgehead atoms. The van der Waals surface area contributed by atoms with E-state index in [1.807, 2.05) is 65.6 Å². The van der Waals surface area contributed by atoms with Crippen LogP contribution >= 0.6 is 0 Å². The minimum absolute atomic E-state index is 0.0227. The van der Waals surface area contributed by atoms with Gasteiger partial charge in [0.15, 0.2) is 11.5 Å². The van der Waals surface area contributed by atoms with Crippen LogP contribution in [0.25, 0.3) is 0 Å². The van der Waals surface area contributed by atoms with Gasteiger partial charge in [-0.1, -0.05) is 49.6 Å². The van der Waals surface area contributed by atoms with Gasteiger partial charge in [-0.3, -0.25) is 9.59 Å². The molecule has 7 heteroatoms. The fourth-order valence-corrected chi connectivity index (χ4v) is 6.18. The summed E-state index contributed by atoms with van der Waals surface area (Å²) in [7, 11) is 0. The Morgan fingerprint density at radius 1 is 0.892 bits per heavy atom. The topological polar surface area (TPSA) is 77.1 Å². The number of hydrogen-bond acceptors (Lipinski definition) is 5. The van der Waals surface area contributed by atoms with E-state index in [0.29, 0.717) is 29.4 Å². The minimum atomic E-state index is -0.924. The van der Waals surface area contributed by atoms with Crippen molar-refractivity contribution in [2.24, 2.45) is 0 Å². The van der Waals surface area contributed by atoms with Crippen molar-refractivity contribution in [3.63, 3.8) is 0 Å². The van der Waals surface area contributed by atoms with Crippen molar-refractivity contribution in [2.45, 2.75) is 50.1 Å². The van der Waals surface area contributed by atoms with Crippen LogP contribution < -0.4 is 24.4 Å². The van der Waals surface area contributed by atoms with Crippen molar-refractivity contribution in [3.05, 3.63) is 82.9 Å². The summed E-state index contributed by atoms with van der Waals surface area (Å²) < 4.78 is 17.2. The lowest BCUT2D eigenvalue weighted by Crippen LogP contribution is -2.42. The molecule has 1 atom stereocenters. The van der Waals surface area contributed by atoms with Crippen molar-refractivity contribution < 1.29 is 23.8 Å². The standard InChI is InChI=1S/C30H28N2O5/c33-28(31-21-6-2-1-3-7-21)20-12-10-19(11-13-20)16-32-24-9-5-4-8-22(24)30(29(32)34)17-35-25-15-27-26(14-23(25)30)36-18-37-27/h4-5,8-15,21H,1-3,6-7,16-18H2,(H,31,33). The second kappa shape index (κ2) is 8.54. The number of rotatable bonds is 4. The summed E-state index contributed by atoms with van der Waals surface area (Å²) in [5.74, 6) is 1.87. The van der Waals surface area contributed by atoms with E-state index in [9.17, 15) is 9.59 Å². The molecule has 4 aliphatic rings. The Balaban J connectivity index is 1.16. The Bertz CT molecular complexity index is 1400. The van der Waals surface area contributed by atoms with Gasteiger partial charge in [0.1, 0.15) is 17.8 Å². The van der Waals surface area contributed by atoms with Crippen molar-refractivity contribution in [2.75, 3.05) is 18.3 Å². The van der Waals surface area contributed by atoms with Gasteiger partial charge in [0.05, 0.1) is 6.54 Å². The molecule has 1 spiro atoms. The molecule has 0 radical (unpaired) electrons. The molecular weight excluding hydrogens is 468 g/mol. The minimum Gasteiger partial charge on any atom is -0.491 e. The lowest BCUT2D eigenvalue weighted by Gasteiger charge is -2.23. The maximum atomic E-state index is 14.2. The van der Waals surface area contributed by atoms with E-state index < -0.39 is 5.41 Å². The number of fused-ring (bicyclic) bond motifs is 5. The summed E-state index contributed by atoms with van der Waals surface area (Å²) >= 11 is 0. The number of anilines is 1. The highest BCUT2D eigenvalue weighted by Gasteiger charge is 2.57. The quantitative estimate of drug-likeness (QED) is 0.567. The van der Waals surface area contributed by atoms with E-state index in [4.69, 9.17) is 14.2 Å². The molecule has 0 saturated heterocycles. The van der Waals surface area contributed by atoms with E-state index in [-0.39, 0.29) is 31.3 Å². The number of para-hydroxylation sites is 1. The number of amides is 2. The van der Waals surface area contributed by atoms with Gasteiger partial charge in [-0.25, -0.2) is 0 Å². The number of nitrogens with one attached hydrogen (secondary N) is 1. The summed E-state index contributed by atoms with van der Waals surface area (Å²) in [4.78, 5) is 28.7. The first kappa shape index (κ1) is 22.2. The van der Waals surface area contributed by atoms with Gasteiger partial charge in [-0.15, -0.1) is 0 Å². The van der Waals surface area contributed by atoms with E-state index >= 15 is 0 Å². The Hall–Kier alpha value is -4.00. The Labute approximate surface area is 215 Å². The molecule has 1 fully saturated rings. The number of benzene rings is 3. The smallest absolute Gasteiger partial charge is 0.251 e. The highest BCUT2D eigenvalue weighted by molar-refractivity contribution is 6.11. The molecule has 7 rings (SSSR count). The third kappa shape index (κ3) is 3.48. The van der Waals surface area contributed by atoms with Crippen LogP contribution in [-0.4, -0.2) is 31.3 Å². The van der Waals surface area contributed by atoms with Crippen LogP contribution in [0.15, 0.2) is 60.7 Å². The first-order chi connectivity index (χ1) is 18.1. The zero-order valence-corrected chi connectivity index (χ0v) is 20.5. The summed E-state index contributed by atoms with van der Waals surface area (Å²) in [6.07, 6.45) is 5.71. The molecule has 1 saturated carbocycles. The van der Waals surface area contributed by atoms with Crippen LogP contribution in [0.4, 0.5) is 5.69 Å². The van der Waals surface area contributed by atoms with E-state index in [0.717, 1.165) is 35.2 Å². The molecular formula is C30H28N2O5. The first-order valence-corrected chi connectivity index (χ1v) is 13.0. The number of carbonyl (C=O) groups is 2. The fourth-order valence-electron chi connectivity index (χ4n) is 6.18. The molecule has 1 unspecified atom stereocenters. The molecule has 7 nitrogen and oxygen atoms in total. The zero-order chi connectivity index (χ0) is 25.0. The second-order valence-corrected chi connectivity index (χ2v) is 10.3. The average Bonchev–Trinajstić information content (AvgIpc) is 3.61. The van der Waals surface area contributed by atoms with Crippen LogP contribution in [0.2, 0.25) is 0 Å². The van der Waals surface area contributed by atoms with Gasteiger partial charge in [0.2, 0.25) is 12.7 Å². The van der Waals surface area contributed by atoms with Crippen LogP contribution in [0, 0.1) is 0 Å². The summed E-state index contributed by atoms with van der Waals surface area (Å²) in [5.41, 5.74) is 3.30. The van der Waals surface area contributed by atoms with Crippen molar-refractivity contribution in [3.8, 4) is 17.2 Å². The van der Waals surface area contributed by atoms with Crippen LogP contribution in [0.5, 0.6) is 17.2 Å². The molecule has 3 aromatic carbocycles. The van der Waals surface area contributed by atoms with Gasteiger partial charge >= 0.3 is 0 Å². The Morgan fingerprint density at radius 3 is 2.46 bits per heavy atom. The predicted octanol–water partition coefficient (Wildman–Crippen LogP) is 4.70. The van der Waals surface area contributed by atoms with Crippen LogP contribution in [0.1, 0.15) is 59.2 Å². The highest BCUT2D eigenvalue weighted by Crippen LogP contribution is 2.55. The first-order valence-electron chi connectivity index (χ1n) is 13.0. The van der Waals surface area contributed by atoms with Gasteiger partial charge in [-0.2, -0.15) is 0 Å². The largest absolute Gasteiger partial charge is 0.491 e. The molecule has 0 aromatic heterocycles. The van der Waals surface area contributed by atoms with Gasteiger partial charge in [0.25, 0.3) is 5.91 Å². The number of nitrogens with zero attached hydrogens (tertiary/aromatic N) is 1. The zero-order valence-electron chi connectivity index (χ0n) is 20.5. The third-order valence-electron chi connectivity index (χ3n) is 8.14. The number of ether oxygens (including phenoxy) is 3. The van der Waals surface area contributed by atoms with Crippen molar-refractivity contribution >= 4 is 17.5 Å². The SMILES string of the molecule is O=C(NC1CCCCC1)c1ccc(CN2C(=O)C3(COc4cc5c(cc43)OCO5)c3ccccc32)cc1. The van der Waals surface area contributed by atoms with E-state index in [1.54, 1.807) is 0 Å². The summed E-state index contributed by atoms with van der Waals surface area (Å²) in [6, 6.07) is 19.5. The summed E-state index contributed by atoms with van der Waals surface area (Å²) in [6.45, 7) is 0.802. The molecule has 37 heavy (non-hydrogen) atoms. The molecule has 3 aliphatic heterocycles. The lowest BCUT2D eigenvalue weighted by atomic mass is 9.77. The van der Waals surface area contributed by atoms with Crippen molar-refractivity contribution in [1.82, 2.24) is 5.32 Å². The van der Waals surface area contributed by atoms with E-state index in [2.05, 4.69) is 5.32 Å². The average molecular weight is 497 g/mol. The van der Waals surface area contributed by atoms with Gasteiger partial charge < -0.3 is 24.4 Å². The molecule has 2 amide bonds. The van der Waals surface area contributed by atoms with Crippen molar-refractivity contribution in [1.29, 1.82) is 0 Å². The Kier molecular flexibility index (Phi) is 5.13. The summed E-state index contributed by atoms with van der Waals surface area (Å²) in [5, 5.41) is 3.17. The Morgan fingerprint density at radius 2 is 1.65 bits per heavy atom. The van der Waals surface area contributed by atoms with Gasteiger partial charge in [0, 0.05) is 28.9 Å². The predicted molar refractivity (Wildman–Crippen MR) is 137 cm³/mol. The lowest BCUT2D eigenvalue weighted by molar-refractivity contribution is -0.122. The molecule has 1 aliphatic carbocycles. The maximum absolute atomic E-state index is 14.2. The molecule has 188 valence electrons. The van der Waals surface area contributed by atoms with E-state index in [1.165, 1.54) is 19.3 Å². The highest BCUT2D eigenvalue weighted by atomic mass is 16.7. The number of carbonyl (C=O) groups excluding carboxylic acids is 2.